The molecule has 8 heteroatoms. The SMILES string of the molecule is Cc1ccc(CN2CC(N(Cc3cccs3)C(=O)C3CC3)CC2C(=O)N2CCNCC2)s1. The lowest BCUT2D eigenvalue weighted by Crippen LogP contribution is -2.52. The zero-order chi connectivity index (χ0) is 22.1. The summed E-state index contributed by atoms with van der Waals surface area (Å²) in [7, 11) is 0. The van der Waals surface area contributed by atoms with Gasteiger partial charge in [0, 0.05) is 65.9 Å². The van der Waals surface area contributed by atoms with Crippen molar-refractivity contribution in [1.82, 2.24) is 20.0 Å². The van der Waals surface area contributed by atoms with Crippen LogP contribution < -0.4 is 5.32 Å². The van der Waals surface area contributed by atoms with E-state index in [0.29, 0.717) is 6.54 Å². The monoisotopic (exact) mass is 472 g/mol. The Morgan fingerprint density at radius 1 is 1.16 bits per heavy atom. The van der Waals surface area contributed by atoms with Gasteiger partial charge in [-0.15, -0.1) is 22.7 Å². The van der Waals surface area contributed by atoms with E-state index in [2.05, 4.69) is 51.7 Å². The van der Waals surface area contributed by atoms with Crippen molar-refractivity contribution < 1.29 is 9.59 Å². The van der Waals surface area contributed by atoms with Crippen molar-refractivity contribution in [3.63, 3.8) is 0 Å². The second-order valence-electron chi connectivity index (χ2n) is 9.24. The van der Waals surface area contributed by atoms with Gasteiger partial charge < -0.3 is 15.1 Å². The molecule has 2 atom stereocenters. The number of thiophene rings is 2. The van der Waals surface area contributed by atoms with Gasteiger partial charge in [0.05, 0.1) is 12.6 Å². The minimum absolute atomic E-state index is 0.0862. The Bertz CT molecular complexity index is 934. The van der Waals surface area contributed by atoms with Gasteiger partial charge in [0.1, 0.15) is 0 Å². The fourth-order valence-electron chi connectivity index (χ4n) is 4.93. The van der Waals surface area contributed by atoms with Gasteiger partial charge in [-0.2, -0.15) is 0 Å². The molecule has 2 amide bonds. The maximum Gasteiger partial charge on any atom is 0.240 e. The predicted molar refractivity (Wildman–Crippen MR) is 129 cm³/mol. The molecule has 3 fully saturated rings. The first-order valence-corrected chi connectivity index (χ1v) is 13.4. The quantitative estimate of drug-likeness (QED) is 0.673. The van der Waals surface area contributed by atoms with Gasteiger partial charge in [-0.3, -0.25) is 14.5 Å². The van der Waals surface area contributed by atoms with E-state index in [9.17, 15) is 9.59 Å². The van der Waals surface area contributed by atoms with Crippen molar-refractivity contribution in [1.29, 1.82) is 0 Å². The third-order valence-electron chi connectivity index (χ3n) is 6.81. The van der Waals surface area contributed by atoms with Crippen LogP contribution in [-0.2, 0) is 22.7 Å². The average molecular weight is 473 g/mol. The van der Waals surface area contributed by atoms with Crippen LogP contribution in [0.25, 0.3) is 0 Å². The van der Waals surface area contributed by atoms with E-state index in [4.69, 9.17) is 0 Å². The number of likely N-dealkylation sites (tertiary alicyclic amines) is 1. The largest absolute Gasteiger partial charge is 0.339 e. The molecule has 0 bridgehead atoms. The van der Waals surface area contributed by atoms with Gasteiger partial charge in [-0.25, -0.2) is 0 Å². The third-order valence-corrected chi connectivity index (χ3v) is 8.65. The molecular formula is C24H32N4O2S2. The molecule has 1 saturated carbocycles. The summed E-state index contributed by atoms with van der Waals surface area (Å²) in [6, 6.07) is 8.43. The standard InChI is InChI=1S/C24H32N4O2S2/c1-17-4-7-21(32-17)15-27-14-19(13-22(27)24(30)26-10-8-25-9-11-26)28(23(29)18-5-6-18)16-20-3-2-12-31-20/h2-4,7,12,18-19,22,25H,5-6,8-11,13-16H2,1H3. The normalized spacial score (nSPS) is 24.1. The van der Waals surface area contributed by atoms with Gasteiger partial charge >= 0.3 is 0 Å². The van der Waals surface area contributed by atoms with Crippen molar-refractivity contribution in [3.05, 3.63) is 44.3 Å². The van der Waals surface area contributed by atoms with E-state index in [0.717, 1.165) is 58.5 Å². The molecule has 0 spiro atoms. The molecule has 4 heterocycles. The van der Waals surface area contributed by atoms with Crippen molar-refractivity contribution in [3.8, 4) is 0 Å². The first kappa shape index (κ1) is 22.1. The molecule has 6 nitrogen and oxygen atoms in total. The fourth-order valence-corrected chi connectivity index (χ4v) is 6.54. The Morgan fingerprint density at radius 3 is 2.62 bits per heavy atom. The average Bonchev–Trinajstić information content (AvgIpc) is 3.16. The molecule has 0 aromatic carbocycles. The highest BCUT2D eigenvalue weighted by Crippen LogP contribution is 2.35. The van der Waals surface area contributed by atoms with Crippen LogP contribution in [0.1, 0.15) is 33.9 Å². The number of nitrogens with one attached hydrogen (secondary N) is 1. The summed E-state index contributed by atoms with van der Waals surface area (Å²) in [6.45, 7) is 7.59. The number of aryl methyl sites for hydroxylation is 1. The zero-order valence-electron chi connectivity index (χ0n) is 18.7. The highest BCUT2D eigenvalue weighted by Gasteiger charge is 2.44. The van der Waals surface area contributed by atoms with Crippen LogP contribution in [0.3, 0.4) is 0 Å². The number of nitrogens with zero attached hydrogens (tertiary/aromatic N) is 3. The number of amides is 2. The molecule has 0 radical (unpaired) electrons. The Kier molecular flexibility index (Phi) is 6.64. The van der Waals surface area contributed by atoms with Crippen LogP contribution >= 0.6 is 22.7 Å². The zero-order valence-corrected chi connectivity index (χ0v) is 20.3. The summed E-state index contributed by atoms with van der Waals surface area (Å²) >= 11 is 3.51. The molecule has 2 aromatic heterocycles. The summed E-state index contributed by atoms with van der Waals surface area (Å²) < 4.78 is 0. The molecule has 1 aliphatic carbocycles. The molecule has 2 saturated heterocycles. The van der Waals surface area contributed by atoms with Crippen molar-refractivity contribution >= 4 is 34.5 Å². The molecule has 1 N–H and O–H groups in total. The van der Waals surface area contributed by atoms with Crippen LogP contribution in [0.15, 0.2) is 29.6 Å². The molecule has 172 valence electrons. The summed E-state index contributed by atoms with van der Waals surface area (Å²) in [5, 5.41) is 5.42. The Morgan fingerprint density at radius 2 is 1.97 bits per heavy atom. The second-order valence-corrected chi connectivity index (χ2v) is 11.6. The smallest absolute Gasteiger partial charge is 0.240 e. The Labute approximate surface area is 198 Å². The summed E-state index contributed by atoms with van der Waals surface area (Å²) in [5.41, 5.74) is 0. The number of hydrogen-bond donors (Lipinski definition) is 1. The minimum atomic E-state index is -0.154. The minimum Gasteiger partial charge on any atom is -0.339 e. The van der Waals surface area contributed by atoms with Crippen molar-refractivity contribution in [2.24, 2.45) is 5.92 Å². The lowest BCUT2D eigenvalue weighted by molar-refractivity contribution is -0.137. The van der Waals surface area contributed by atoms with Crippen molar-refractivity contribution in [2.75, 3.05) is 32.7 Å². The highest BCUT2D eigenvalue weighted by molar-refractivity contribution is 7.11. The number of rotatable bonds is 7. The van der Waals surface area contributed by atoms with Crippen LogP contribution in [0.4, 0.5) is 0 Å². The van der Waals surface area contributed by atoms with E-state index >= 15 is 0 Å². The van der Waals surface area contributed by atoms with Gasteiger partial charge in [-0.1, -0.05) is 6.07 Å². The van der Waals surface area contributed by atoms with E-state index in [-0.39, 0.29) is 29.8 Å². The fraction of sp³-hybridized carbons (Fsp3) is 0.583. The van der Waals surface area contributed by atoms with E-state index in [1.165, 1.54) is 14.6 Å². The van der Waals surface area contributed by atoms with Crippen LogP contribution in [0.2, 0.25) is 0 Å². The molecule has 32 heavy (non-hydrogen) atoms. The Hall–Kier alpha value is -1.74. The number of carbonyl (C=O) groups is 2. The molecule has 3 aliphatic rings. The maximum absolute atomic E-state index is 13.6. The summed E-state index contributed by atoms with van der Waals surface area (Å²) in [4.78, 5) is 37.1. The van der Waals surface area contributed by atoms with Crippen LogP contribution in [0, 0.1) is 12.8 Å². The van der Waals surface area contributed by atoms with E-state index < -0.39 is 0 Å². The molecule has 2 unspecified atom stereocenters. The second kappa shape index (κ2) is 9.63. The number of carbonyl (C=O) groups excluding carboxylic acids is 2. The maximum atomic E-state index is 13.6. The summed E-state index contributed by atoms with van der Waals surface area (Å²) in [5.74, 6) is 0.703. The lowest BCUT2D eigenvalue weighted by atomic mass is 10.1. The van der Waals surface area contributed by atoms with Gasteiger partial charge in [0.25, 0.3) is 0 Å². The number of hydrogen-bond acceptors (Lipinski definition) is 6. The highest BCUT2D eigenvalue weighted by atomic mass is 32.1. The van der Waals surface area contributed by atoms with Crippen LogP contribution in [-0.4, -0.2) is 71.3 Å². The first-order valence-electron chi connectivity index (χ1n) is 11.7. The van der Waals surface area contributed by atoms with Gasteiger partial charge in [0.15, 0.2) is 0 Å². The third kappa shape index (κ3) is 4.93. The van der Waals surface area contributed by atoms with Crippen molar-refractivity contribution in [2.45, 2.75) is 51.4 Å². The molecule has 2 aliphatic heterocycles. The van der Waals surface area contributed by atoms with Gasteiger partial charge in [0.2, 0.25) is 11.8 Å². The summed E-state index contributed by atoms with van der Waals surface area (Å²) in [6.07, 6.45) is 2.75. The Balaban J connectivity index is 1.37. The van der Waals surface area contributed by atoms with Crippen LogP contribution in [0.5, 0.6) is 0 Å². The first-order chi connectivity index (χ1) is 15.6. The topological polar surface area (TPSA) is 55.9 Å². The molecule has 5 rings (SSSR count). The van der Waals surface area contributed by atoms with Gasteiger partial charge in [-0.05, 0) is 49.8 Å². The molecular weight excluding hydrogens is 440 g/mol. The van der Waals surface area contributed by atoms with E-state index in [1.54, 1.807) is 22.7 Å². The molecule has 2 aromatic rings. The van der Waals surface area contributed by atoms with E-state index in [1.807, 2.05) is 4.90 Å². The lowest BCUT2D eigenvalue weighted by Gasteiger charge is -2.32. The number of piperazine rings is 1. The predicted octanol–water partition coefficient (Wildman–Crippen LogP) is 2.93.